The highest BCUT2D eigenvalue weighted by molar-refractivity contribution is 7.48. The van der Waals surface area contributed by atoms with E-state index in [9.17, 15) is 4.57 Å². The van der Waals surface area contributed by atoms with Gasteiger partial charge in [-0.1, -0.05) is 0 Å². The molecule has 0 rings (SSSR count). The van der Waals surface area contributed by atoms with Crippen LogP contribution in [0.1, 0.15) is 41.5 Å². The second-order valence-corrected chi connectivity index (χ2v) is 5.45. The monoisotopic (exact) mass is 272 g/mol. The summed E-state index contributed by atoms with van der Waals surface area (Å²) >= 11 is 0. The van der Waals surface area contributed by atoms with Gasteiger partial charge in [0.2, 0.25) is 0 Å². The zero-order chi connectivity index (χ0) is 13.5. The zero-order valence-corrected chi connectivity index (χ0v) is 11.9. The highest BCUT2D eigenvalue weighted by atomic mass is 31.2. The number of hydrogen-bond donors (Lipinski definition) is 0. The lowest BCUT2D eigenvalue weighted by Gasteiger charge is -2.17. The molecule has 7 nitrogen and oxygen atoms in total. The average molecular weight is 272 g/mol. The maximum absolute atomic E-state index is 11.9. The molecule has 0 spiro atoms. The third-order valence-corrected chi connectivity index (χ3v) is 1.79. The van der Waals surface area contributed by atoms with Gasteiger partial charge in [-0.15, -0.1) is 14.0 Å². The molecule has 0 saturated carbocycles. The Kier molecular flexibility index (Phi) is 8.15. The molecule has 0 heterocycles. The number of phosphoric acid groups is 1. The Morgan fingerprint density at radius 2 is 0.882 bits per heavy atom. The molecule has 0 unspecified atom stereocenters. The van der Waals surface area contributed by atoms with Gasteiger partial charge in [0.05, 0.1) is 18.3 Å². The van der Waals surface area contributed by atoms with Crippen LogP contribution in [0.5, 0.6) is 0 Å². The van der Waals surface area contributed by atoms with E-state index in [2.05, 4.69) is 14.0 Å². The lowest BCUT2D eigenvalue weighted by Crippen LogP contribution is -2.11. The first-order chi connectivity index (χ1) is 7.75. The Hall–Kier alpha value is -0.0100. The van der Waals surface area contributed by atoms with E-state index < -0.39 is 7.82 Å². The Morgan fingerprint density at radius 3 is 1.06 bits per heavy atom. The van der Waals surface area contributed by atoms with Crippen LogP contribution in [0.4, 0.5) is 0 Å². The van der Waals surface area contributed by atoms with Gasteiger partial charge in [0.25, 0.3) is 0 Å². The van der Waals surface area contributed by atoms with Crippen molar-refractivity contribution in [3.8, 4) is 0 Å². The predicted molar refractivity (Wildman–Crippen MR) is 59.5 cm³/mol. The van der Waals surface area contributed by atoms with Crippen LogP contribution in [0, 0.1) is 0 Å². The second kappa shape index (κ2) is 8.16. The molecule has 0 radical (unpaired) electrons. The molecule has 104 valence electrons. The van der Waals surface area contributed by atoms with Gasteiger partial charge < -0.3 is 0 Å². The van der Waals surface area contributed by atoms with Crippen molar-refractivity contribution in [2.75, 3.05) is 0 Å². The molecule has 0 fully saturated rings. The van der Waals surface area contributed by atoms with Crippen molar-refractivity contribution < 1.29 is 33.3 Å². The first-order valence-corrected chi connectivity index (χ1v) is 6.86. The third-order valence-electron chi connectivity index (χ3n) is 0.980. The Balaban J connectivity index is 4.29. The summed E-state index contributed by atoms with van der Waals surface area (Å²) in [7, 11) is -4.05. The van der Waals surface area contributed by atoms with E-state index in [0.29, 0.717) is 0 Å². The van der Waals surface area contributed by atoms with Crippen LogP contribution in [0.3, 0.4) is 0 Å². The Morgan fingerprint density at radius 1 is 0.647 bits per heavy atom. The fraction of sp³-hybridized carbons (Fsp3) is 1.00. The smallest absolute Gasteiger partial charge is 0.224 e. The summed E-state index contributed by atoms with van der Waals surface area (Å²) in [6, 6.07) is 0. The fourth-order valence-electron chi connectivity index (χ4n) is 0.454. The maximum atomic E-state index is 11.9. The maximum Gasteiger partial charge on any atom is 0.556 e. The first-order valence-electron chi connectivity index (χ1n) is 5.40. The van der Waals surface area contributed by atoms with Crippen LogP contribution in [-0.4, -0.2) is 18.3 Å². The van der Waals surface area contributed by atoms with Crippen LogP contribution >= 0.6 is 7.82 Å². The SMILES string of the molecule is CC(C)OOP(=O)(OOC(C)C)OOC(C)C. The third kappa shape index (κ3) is 9.67. The Bertz CT molecular complexity index is 203. The molecule has 0 aliphatic heterocycles. The molecule has 0 N–H and O–H groups in total. The van der Waals surface area contributed by atoms with Gasteiger partial charge in [0.1, 0.15) is 0 Å². The largest absolute Gasteiger partial charge is 0.556 e. The Labute approximate surface area is 102 Å². The van der Waals surface area contributed by atoms with Gasteiger partial charge in [-0.3, -0.25) is 0 Å². The standard InChI is InChI=1S/C9H21O7P/c1-7(2)11-14-17(10,15-12-8(3)4)16-13-9(5)6/h7-9H,1-6H3. The van der Waals surface area contributed by atoms with Gasteiger partial charge >= 0.3 is 7.82 Å². The molecule has 0 aromatic heterocycles. The van der Waals surface area contributed by atoms with Gasteiger partial charge in [0, 0.05) is 0 Å². The normalized spacial score (nSPS) is 13.0. The molecule has 0 aromatic rings. The van der Waals surface area contributed by atoms with Crippen LogP contribution in [0.25, 0.3) is 0 Å². The lowest BCUT2D eigenvalue weighted by molar-refractivity contribution is -0.346. The minimum absolute atomic E-state index is 0.311. The molecule has 0 aromatic carbocycles. The summed E-state index contributed by atoms with van der Waals surface area (Å²) in [4.78, 5) is 14.1. The first kappa shape index (κ1) is 17.0. The summed E-state index contributed by atoms with van der Waals surface area (Å²) in [6.07, 6.45) is -0.934. The van der Waals surface area contributed by atoms with E-state index >= 15 is 0 Å². The predicted octanol–water partition coefficient (Wildman–Crippen LogP) is 3.16. The van der Waals surface area contributed by atoms with Crippen molar-refractivity contribution in [1.82, 2.24) is 0 Å². The molecule has 0 bridgehead atoms. The van der Waals surface area contributed by atoms with Gasteiger partial charge in [0.15, 0.2) is 0 Å². The van der Waals surface area contributed by atoms with Gasteiger partial charge in [-0.2, -0.15) is 0 Å². The minimum Gasteiger partial charge on any atom is -0.224 e. The van der Waals surface area contributed by atoms with Crippen molar-refractivity contribution in [2.24, 2.45) is 0 Å². The van der Waals surface area contributed by atoms with Crippen molar-refractivity contribution >= 4 is 7.82 Å². The molecular formula is C9H21O7P. The molecule has 17 heavy (non-hydrogen) atoms. The summed E-state index contributed by atoms with van der Waals surface area (Å²) in [6.45, 7) is 10.1. The fourth-order valence-corrected chi connectivity index (χ4v) is 1.36. The average Bonchev–Trinajstić information content (AvgIpc) is 2.21. The second-order valence-electron chi connectivity index (χ2n) is 4.11. The van der Waals surface area contributed by atoms with Crippen LogP contribution in [-0.2, 0) is 33.3 Å². The van der Waals surface area contributed by atoms with E-state index in [0.717, 1.165) is 0 Å². The number of rotatable bonds is 9. The molecule has 0 atom stereocenters. The highest BCUT2D eigenvalue weighted by Gasteiger charge is 2.33. The van der Waals surface area contributed by atoms with Crippen molar-refractivity contribution in [3.63, 3.8) is 0 Å². The van der Waals surface area contributed by atoms with E-state index in [-0.39, 0.29) is 18.3 Å². The summed E-state index contributed by atoms with van der Waals surface area (Å²) in [5, 5.41) is 0. The van der Waals surface area contributed by atoms with E-state index in [1.165, 1.54) is 0 Å². The molecule has 0 amide bonds. The molecule has 0 aliphatic carbocycles. The van der Waals surface area contributed by atoms with E-state index in [1.807, 2.05) is 0 Å². The molecular weight excluding hydrogens is 251 g/mol. The van der Waals surface area contributed by atoms with Crippen molar-refractivity contribution in [1.29, 1.82) is 0 Å². The number of hydrogen-bond acceptors (Lipinski definition) is 7. The van der Waals surface area contributed by atoms with Crippen molar-refractivity contribution in [2.45, 2.75) is 59.9 Å². The van der Waals surface area contributed by atoms with Crippen molar-refractivity contribution in [3.05, 3.63) is 0 Å². The van der Waals surface area contributed by atoms with E-state index in [4.69, 9.17) is 14.7 Å². The van der Waals surface area contributed by atoms with Crippen LogP contribution in [0.15, 0.2) is 0 Å². The summed E-state index contributed by atoms with van der Waals surface area (Å²) < 4.78 is 25.5. The van der Waals surface area contributed by atoms with Crippen LogP contribution < -0.4 is 0 Å². The highest BCUT2D eigenvalue weighted by Crippen LogP contribution is 2.50. The molecule has 0 saturated heterocycles. The lowest BCUT2D eigenvalue weighted by atomic mass is 10.5. The minimum atomic E-state index is -4.05. The van der Waals surface area contributed by atoms with Gasteiger partial charge in [-0.25, -0.2) is 19.2 Å². The summed E-state index contributed by atoms with van der Waals surface area (Å²) in [5.41, 5.74) is 0. The van der Waals surface area contributed by atoms with Gasteiger partial charge in [-0.05, 0) is 41.5 Å². The summed E-state index contributed by atoms with van der Waals surface area (Å²) in [5.74, 6) is 0. The molecule has 8 heteroatoms. The topological polar surface area (TPSA) is 72.5 Å². The van der Waals surface area contributed by atoms with E-state index in [1.54, 1.807) is 41.5 Å². The van der Waals surface area contributed by atoms with Crippen LogP contribution in [0.2, 0.25) is 0 Å². The quantitative estimate of drug-likeness (QED) is 0.362. The zero-order valence-electron chi connectivity index (χ0n) is 11.0. The molecule has 0 aliphatic rings.